The van der Waals surface area contributed by atoms with E-state index in [1.807, 2.05) is 26.0 Å². The molecule has 6 heteroatoms. The molecule has 1 aliphatic carbocycles. The lowest BCUT2D eigenvalue weighted by Crippen LogP contribution is -2.30. The zero-order valence-electron chi connectivity index (χ0n) is 16.1. The van der Waals surface area contributed by atoms with Gasteiger partial charge < -0.3 is 10.1 Å². The summed E-state index contributed by atoms with van der Waals surface area (Å²) in [4.78, 5) is 23.1. The molecule has 2 aromatic carbocycles. The molecule has 0 amide bonds. The van der Waals surface area contributed by atoms with E-state index in [9.17, 15) is 14.9 Å². The minimum atomic E-state index is -0.379. The van der Waals surface area contributed by atoms with Gasteiger partial charge in [0.2, 0.25) is 0 Å². The molecule has 28 heavy (non-hydrogen) atoms. The molecular weight excluding hydrogens is 356 g/mol. The van der Waals surface area contributed by atoms with Gasteiger partial charge in [-0.1, -0.05) is 24.3 Å². The number of aryl methyl sites for hydroxylation is 1. The fourth-order valence-corrected chi connectivity index (χ4v) is 4.50. The molecule has 0 saturated carbocycles. The number of ether oxygens (including phenoxy) is 1. The summed E-state index contributed by atoms with van der Waals surface area (Å²) < 4.78 is 4.76. The maximum absolute atomic E-state index is 11.7. The molecule has 0 fully saturated rings. The van der Waals surface area contributed by atoms with Crippen molar-refractivity contribution in [2.45, 2.75) is 32.2 Å². The van der Waals surface area contributed by atoms with Crippen LogP contribution < -0.4 is 5.32 Å². The maximum Gasteiger partial charge on any atom is 0.337 e. The minimum Gasteiger partial charge on any atom is -0.465 e. The summed E-state index contributed by atoms with van der Waals surface area (Å²) in [6.07, 6.45) is 5.24. The third-order valence-electron chi connectivity index (χ3n) is 6.04. The molecule has 0 saturated heterocycles. The fourth-order valence-electron chi connectivity index (χ4n) is 4.50. The van der Waals surface area contributed by atoms with Gasteiger partial charge in [-0.05, 0) is 60.6 Å². The van der Waals surface area contributed by atoms with Crippen molar-refractivity contribution in [3.63, 3.8) is 0 Å². The monoisotopic (exact) mass is 378 g/mol. The first kappa shape index (κ1) is 18.2. The zero-order chi connectivity index (χ0) is 20.0. The Balaban J connectivity index is 1.81. The van der Waals surface area contributed by atoms with Gasteiger partial charge in [-0.25, -0.2) is 4.79 Å². The summed E-state index contributed by atoms with van der Waals surface area (Å²) in [6.45, 7) is 3.96. The number of esters is 1. The Labute approximate surface area is 163 Å². The molecule has 2 aliphatic rings. The van der Waals surface area contributed by atoms with E-state index in [0.29, 0.717) is 11.3 Å². The molecule has 6 nitrogen and oxygen atoms in total. The Morgan fingerprint density at radius 2 is 1.96 bits per heavy atom. The van der Waals surface area contributed by atoms with Gasteiger partial charge in [-0.3, -0.25) is 10.1 Å². The van der Waals surface area contributed by atoms with E-state index in [-0.39, 0.29) is 34.5 Å². The molecule has 1 aliphatic heterocycles. The number of anilines is 1. The van der Waals surface area contributed by atoms with Crippen LogP contribution in [0.3, 0.4) is 0 Å². The Hall–Kier alpha value is -3.15. The molecule has 3 atom stereocenters. The molecule has 0 aromatic heterocycles. The molecule has 0 radical (unpaired) electrons. The molecular formula is C22H22N2O4. The number of nitro benzene ring substituents is 1. The maximum atomic E-state index is 11.7. The number of allylic oxidation sites excluding steroid dienone is 2. The SMILES string of the molecule is COC(=O)c1ccc(C2Nc3c([N+](=O)[O-])cc(C)c(C)c3C3C=CCC32)cc1. The van der Waals surface area contributed by atoms with Gasteiger partial charge >= 0.3 is 5.97 Å². The third-order valence-corrected chi connectivity index (χ3v) is 6.04. The number of benzene rings is 2. The number of fused-ring (bicyclic) bond motifs is 3. The molecule has 3 unspecified atom stereocenters. The number of rotatable bonds is 3. The largest absolute Gasteiger partial charge is 0.465 e. The molecule has 1 N–H and O–H groups in total. The normalized spacial score (nSPS) is 22.2. The highest BCUT2D eigenvalue weighted by Crippen LogP contribution is 2.53. The lowest BCUT2D eigenvalue weighted by molar-refractivity contribution is -0.384. The quantitative estimate of drug-likeness (QED) is 0.358. The smallest absolute Gasteiger partial charge is 0.337 e. The van der Waals surface area contributed by atoms with Crippen molar-refractivity contribution in [3.8, 4) is 0 Å². The first-order chi connectivity index (χ1) is 13.4. The Morgan fingerprint density at radius 3 is 2.61 bits per heavy atom. The number of hydrogen-bond donors (Lipinski definition) is 1. The van der Waals surface area contributed by atoms with E-state index in [1.54, 1.807) is 18.2 Å². The van der Waals surface area contributed by atoms with Gasteiger partial charge in [0.05, 0.1) is 23.6 Å². The van der Waals surface area contributed by atoms with Crippen LogP contribution in [-0.2, 0) is 4.74 Å². The summed E-state index contributed by atoms with van der Waals surface area (Å²) in [7, 11) is 1.36. The van der Waals surface area contributed by atoms with E-state index in [0.717, 1.165) is 28.7 Å². The van der Waals surface area contributed by atoms with E-state index in [4.69, 9.17) is 4.74 Å². The Kier molecular flexibility index (Phi) is 4.41. The van der Waals surface area contributed by atoms with Crippen molar-refractivity contribution in [3.05, 3.63) is 80.4 Å². The second kappa shape index (κ2) is 6.78. The summed E-state index contributed by atoms with van der Waals surface area (Å²) in [5, 5.41) is 15.2. The van der Waals surface area contributed by atoms with Crippen LogP contribution in [0.15, 0.2) is 42.5 Å². The second-order valence-electron chi connectivity index (χ2n) is 7.47. The van der Waals surface area contributed by atoms with Crippen LogP contribution in [0, 0.1) is 29.9 Å². The molecule has 0 spiro atoms. The van der Waals surface area contributed by atoms with Crippen LogP contribution >= 0.6 is 0 Å². The first-order valence-electron chi connectivity index (χ1n) is 9.32. The van der Waals surface area contributed by atoms with Crippen molar-refractivity contribution >= 4 is 17.3 Å². The van der Waals surface area contributed by atoms with Crippen molar-refractivity contribution in [1.82, 2.24) is 0 Å². The van der Waals surface area contributed by atoms with Gasteiger partial charge in [0.15, 0.2) is 0 Å². The molecule has 4 rings (SSSR count). The van der Waals surface area contributed by atoms with Gasteiger partial charge in [0, 0.05) is 12.0 Å². The highest BCUT2D eigenvalue weighted by molar-refractivity contribution is 5.89. The van der Waals surface area contributed by atoms with E-state index < -0.39 is 0 Å². The Morgan fingerprint density at radius 1 is 1.25 bits per heavy atom. The van der Waals surface area contributed by atoms with Crippen molar-refractivity contribution in [1.29, 1.82) is 0 Å². The van der Waals surface area contributed by atoms with Crippen LogP contribution in [-0.4, -0.2) is 18.0 Å². The van der Waals surface area contributed by atoms with E-state index >= 15 is 0 Å². The number of nitro groups is 1. The second-order valence-corrected chi connectivity index (χ2v) is 7.47. The van der Waals surface area contributed by atoms with Crippen LogP contribution in [0.2, 0.25) is 0 Å². The fraction of sp³-hybridized carbons (Fsp3) is 0.318. The average Bonchev–Trinajstić information content (AvgIpc) is 3.18. The van der Waals surface area contributed by atoms with Crippen LogP contribution in [0.1, 0.15) is 51.0 Å². The lowest BCUT2D eigenvalue weighted by atomic mass is 9.74. The van der Waals surface area contributed by atoms with E-state index in [2.05, 4.69) is 17.5 Å². The summed E-state index contributed by atoms with van der Waals surface area (Å²) in [5.74, 6) is 0.0346. The number of nitrogens with one attached hydrogen (secondary N) is 1. The van der Waals surface area contributed by atoms with Crippen LogP contribution in [0.4, 0.5) is 11.4 Å². The summed E-state index contributed by atoms with van der Waals surface area (Å²) in [6, 6.07) is 8.86. The Bertz CT molecular complexity index is 995. The highest BCUT2D eigenvalue weighted by atomic mass is 16.6. The summed E-state index contributed by atoms with van der Waals surface area (Å²) >= 11 is 0. The number of carbonyl (C=O) groups is 1. The standard InChI is InChI=1S/C22H22N2O4/c1-12-11-18(24(26)27)21-19(13(12)2)16-5-4-6-17(16)20(23-21)14-7-9-15(10-8-14)22(25)28-3/h4-5,7-11,16-17,20,23H,6H2,1-3H3. The molecule has 144 valence electrons. The zero-order valence-corrected chi connectivity index (χ0v) is 16.1. The van der Waals surface area contributed by atoms with Gasteiger partial charge in [-0.15, -0.1) is 0 Å². The number of carbonyl (C=O) groups excluding carboxylic acids is 1. The lowest BCUT2D eigenvalue weighted by Gasteiger charge is -2.38. The van der Waals surface area contributed by atoms with E-state index in [1.165, 1.54) is 7.11 Å². The predicted molar refractivity (Wildman–Crippen MR) is 107 cm³/mol. The predicted octanol–water partition coefficient (Wildman–Crippen LogP) is 4.82. The number of nitrogens with zero attached hydrogens (tertiary/aromatic N) is 1. The van der Waals surface area contributed by atoms with Crippen molar-refractivity contribution in [2.24, 2.45) is 5.92 Å². The molecule has 1 heterocycles. The van der Waals surface area contributed by atoms with Crippen LogP contribution in [0.5, 0.6) is 0 Å². The van der Waals surface area contributed by atoms with Gasteiger partial charge in [0.25, 0.3) is 5.69 Å². The molecule has 0 bridgehead atoms. The number of hydrogen-bond acceptors (Lipinski definition) is 5. The topological polar surface area (TPSA) is 81.5 Å². The van der Waals surface area contributed by atoms with Crippen molar-refractivity contribution in [2.75, 3.05) is 12.4 Å². The van der Waals surface area contributed by atoms with Crippen molar-refractivity contribution < 1.29 is 14.5 Å². The van der Waals surface area contributed by atoms with Gasteiger partial charge in [-0.2, -0.15) is 0 Å². The molecule has 2 aromatic rings. The highest BCUT2D eigenvalue weighted by Gasteiger charge is 2.41. The first-order valence-corrected chi connectivity index (χ1v) is 9.32. The number of methoxy groups -OCH3 is 1. The summed E-state index contributed by atoms with van der Waals surface area (Å²) in [5.41, 5.74) is 5.30. The van der Waals surface area contributed by atoms with Gasteiger partial charge in [0.1, 0.15) is 5.69 Å². The minimum absolute atomic E-state index is 0.0694. The third kappa shape index (κ3) is 2.76. The van der Waals surface area contributed by atoms with Crippen LogP contribution in [0.25, 0.3) is 0 Å². The average molecular weight is 378 g/mol.